The van der Waals surface area contributed by atoms with E-state index in [9.17, 15) is 24.2 Å². The van der Waals surface area contributed by atoms with Gasteiger partial charge >= 0.3 is 5.69 Å². The summed E-state index contributed by atoms with van der Waals surface area (Å²) < 4.78 is 19.4. The van der Waals surface area contributed by atoms with Gasteiger partial charge in [-0.25, -0.2) is 4.79 Å². The van der Waals surface area contributed by atoms with Crippen molar-refractivity contribution in [3.05, 3.63) is 33.1 Å². The number of aromatic amines is 1. The number of rotatable bonds is 3. The van der Waals surface area contributed by atoms with Crippen LogP contribution in [0.5, 0.6) is 0 Å². The molecule has 2 heterocycles. The molecule has 8 heteroatoms. The first-order valence-corrected chi connectivity index (χ1v) is 5.81. The molecule has 108 valence electrons. The van der Waals surface area contributed by atoms with Gasteiger partial charge in [0.05, 0.1) is 19.2 Å². The van der Waals surface area contributed by atoms with E-state index >= 15 is 0 Å². The summed E-state index contributed by atoms with van der Waals surface area (Å²) in [5.74, 6) is 0.958. The minimum absolute atomic E-state index is 0.619. The number of terminal acetylenes is 1. The van der Waals surface area contributed by atoms with E-state index in [1.165, 1.54) is 0 Å². The van der Waals surface area contributed by atoms with Gasteiger partial charge in [0.1, 0.15) is 12.3 Å². The molecule has 1 saturated heterocycles. The second-order valence-electron chi connectivity index (χ2n) is 4.48. The Labute approximate surface area is 112 Å². The molecule has 3 N–H and O–H groups in total. The molecule has 20 heavy (non-hydrogen) atoms. The van der Waals surface area contributed by atoms with Gasteiger partial charge in [0.15, 0.2) is 5.60 Å². The molecule has 0 saturated carbocycles. The third kappa shape index (κ3) is 2.06. The molecule has 0 unspecified atom stereocenters. The monoisotopic (exact) mass is 284 g/mol. The summed E-state index contributed by atoms with van der Waals surface area (Å²) in [6.45, 7) is -1.74. The largest absolute Gasteiger partial charge is 0.392 e. The maximum Gasteiger partial charge on any atom is 0.330 e. The molecule has 1 aromatic rings. The first-order chi connectivity index (χ1) is 9.49. The topological polar surface area (TPSA) is 105 Å². The highest BCUT2D eigenvalue weighted by molar-refractivity contribution is 5.18. The summed E-state index contributed by atoms with van der Waals surface area (Å²) in [7, 11) is 0. The summed E-state index contributed by atoms with van der Waals surface area (Å²) in [4.78, 5) is 24.7. The number of hydrogen-bond donors (Lipinski definition) is 3. The standard InChI is InChI=1S/C12H13FN2O5/c1-2-12(6-16)9(18)7(5-13)10(20-12)15-4-3-8(17)14-11(15)19/h1,3-4,7,9-10,16,18H,5-6H2,(H,14,17,19)/t7-,9-,10+,12+/m0/s1. The molecule has 2 rings (SSSR count). The van der Waals surface area contributed by atoms with E-state index in [0.717, 1.165) is 16.8 Å². The minimum Gasteiger partial charge on any atom is -0.392 e. The van der Waals surface area contributed by atoms with Gasteiger partial charge in [0, 0.05) is 12.3 Å². The van der Waals surface area contributed by atoms with Crippen LogP contribution in [0.3, 0.4) is 0 Å². The van der Waals surface area contributed by atoms with E-state index in [1.807, 2.05) is 4.98 Å². The SMILES string of the molecule is C#C[C@]1(CO)O[C@@H](n2ccc(=O)[nH]c2=O)[C@@H](CF)[C@@H]1O. The number of aliphatic hydroxyl groups is 2. The predicted octanol–water partition coefficient (Wildman–Crippen LogP) is -1.62. The number of H-pyrrole nitrogens is 1. The van der Waals surface area contributed by atoms with Crippen LogP contribution in [-0.4, -0.2) is 44.8 Å². The average Bonchev–Trinajstić information content (AvgIpc) is 2.71. The van der Waals surface area contributed by atoms with Crippen molar-refractivity contribution in [2.24, 2.45) is 5.92 Å². The van der Waals surface area contributed by atoms with Gasteiger partial charge in [-0.1, -0.05) is 5.92 Å². The molecule has 1 fully saturated rings. The molecule has 0 aliphatic carbocycles. The fourth-order valence-electron chi connectivity index (χ4n) is 2.22. The second-order valence-corrected chi connectivity index (χ2v) is 4.48. The molecule has 1 aromatic heterocycles. The van der Waals surface area contributed by atoms with Crippen molar-refractivity contribution in [1.29, 1.82) is 0 Å². The van der Waals surface area contributed by atoms with Crippen LogP contribution in [0.15, 0.2) is 21.9 Å². The number of aliphatic hydroxyl groups excluding tert-OH is 2. The molecule has 7 nitrogen and oxygen atoms in total. The van der Waals surface area contributed by atoms with Gasteiger partial charge in [-0.05, 0) is 0 Å². The second kappa shape index (κ2) is 5.20. The van der Waals surface area contributed by atoms with Crippen LogP contribution < -0.4 is 11.2 Å². The van der Waals surface area contributed by atoms with Gasteiger partial charge < -0.3 is 14.9 Å². The van der Waals surface area contributed by atoms with Crippen LogP contribution in [0.2, 0.25) is 0 Å². The van der Waals surface area contributed by atoms with Crippen molar-refractivity contribution in [1.82, 2.24) is 9.55 Å². The van der Waals surface area contributed by atoms with Crippen molar-refractivity contribution in [3.8, 4) is 12.3 Å². The van der Waals surface area contributed by atoms with Crippen LogP contribution in [0.25, 0.3) is 0 Å². The quantitative estimate of drug-likeness (QED) is 0.578. The van der Waals surface area contributed by atoms with Gasteiger partial charge in [0.25, 0.3) is 5.56 Å². The third-order valence-electron chi connectivity index (χ3n) is 3.36. The maximum absolute atomic E-state index is 13.1. The number of nitrogens with one attached hydrogen (secondary N) is 1. The van der Waals surface area contributed by atoms with Gasteiger partial charge in [-0.3, -0.25) is 18.7 Å². The Morgan fingerprint density at radius 1 is 1.60 bits per heavy atom. The van der Waals surface area contributed by atoms with Crippen LogP contribution in [0.1, 0.15) is 6.23 Å². The Morgan fingerprint density at radius 2 is 2.30 bits per heavy atom. The van der Waals surface area contributed by atoms with E-state index in [-0.39, 0.29) is 0 Å². The van der Waals surface area contributed by atoms with Crippen molar-refractivity contribution in [2.75, 3.05) is 13.3 Å². The molecule has 0 amide bonds. The number of alkyl halides is 1. The molecule has 0 spiro atoms. The molecule has 0 radical (unpaired) electrons. The molecule has 4 atom stereocenters. The van der Waals surface area contributed by atoms with E-state index in [1.54, 1.807) is 0 Å². The molecule has 1 aliphatic rings. The zero-order valence-electron chi connectivity index (χ0n) is 10.3. The number of hydrogen-bond acceptors (Lipinski definition) is 5. The van der Waals surface area contributed by atoms with Gasteiger partial charge in [-0.2, -0.15) is 0 Å². The van der Waals surface area contributed by atoms with Crippen LogP contribution >= 0.6 is 0 Å². The van der Waals surface area contributed by atoms with Crippen LogP contribution in [0, 0.1) is 18.3 Å². The number of nitrogens with zero attached hydrogens (tertiary/aromatic N) is 1. The summed E-state index contributed by atoms with van der Waals surface area (Å²) in [6.07, 6.45) is 3.64. The number of halogens is 1. The molecule has 1 aliphatic heterocycles. The lowest BCUT2D eigenvalue weighted by atomic mass is 9.91. The number of ether oxygens (including phenoxy) is 1. The molecular weight excluding hydrogens is 271 g/mol. The van der Waals surface area contributed by atoms with E-state index in [2.05, 4.69) is 5.92 Å². The summed E-state index contributed by atoms with van der Waals surface area (Å²) >= 11 is 0. The normalized spacial score (nSPS) is 33.0. The first-order valence-electron chi connectivity index (χ1n) is 5.81. The average molecular weight is 284 g/mol. The Hall–Kier alpha value is -1.95. The van der Waals surface area contributed by atoms with Crippen molar-refractivity contribution in [3.63, 3.8) is 0 Å². The van der Waals surface area contributed by atoms with Crippen molar-refractivity contribution >= 4 is 0 Å². The van der Waals surface area contributed by atoms with Crippen molar-refractivity contribution in [2.45, 2.75) is 17.9 Å². The highest BCUT2D eigenvalue weighted by Gasteiger charge is 2.54. The fraction of sp³-hybridized carbons (Fsp3) is 0.500. The molecule has 0 aromatic carbocycles. The highest BCUT2D eigenvalue weighted by atomic mass is 19.1. The Bertz CT molecular complexity index is 648. The molecule has 0 bridgehead atoms. The van der Waals surface area contributed by atoms with Crippen LogP contribution in [0.4, 0.5) is 4.39 Å². The minimum atomic E-state index is -1.78. The van der Waals surface area contributed by atoms with E-state index < -0.39 is 48.4 Å². The maximum atomic E-state index is 13.1. The van der Waals surface area contributed by atoms with E-state index in [0.29, 0.717) is 0 Å². The Kier molecular flexibility index (Phi) is 3.76. The van der Waals surface area contributed by atoms with Gasteiger partial charge in [0.2, 0.25) is 0 Å². The smallest absolute Gasteiger partial charge is 0.330 e. The zero-order chi connectivity index (χ0) is 14.9. The number of aromatic nitrogens is 2. The Balaban J connectivity index is 2.49. The van der Waals surface area contributed by atoms with Crippen molar-refractivity contribution < 1.29 is 19.3 Å². The van der Waals surface area contributed by atoms with E-state index in [4.69, 9.17) is 11.2 Å². The Morgan fingerprint density at radius 3 is 2.80 bits per heavy atom. The predicted molar refractivity (Wildman–Crippen MR) is 65.6 cm³/mol. The highest BCUT2D eigenvalue weighted by Crippen LogP contribution is 2.40. The van der Waals surface area contributed by atoms with Crippen LogP contribution in [-0.2, 0) is 4.74 Å². The zero-order valence-corrected chi connectivity index (χ0v) is 10.3. The lowest BCUT2D eigenvalue weighted by Crippen LogP contribution is -2.43. The third-order valence-corrected chi connectivity index (χ3v) is 3.36. The summed E-state index contributed by atoms with van der Waals surface area (Å²) in [6, 6.07) is 1.06. The first kappa shape index (κ1) is 14.5. The summed E-state index contributed by atoms with van der Waals surface area (Å²) in [5.41, 5.74) is -3.22. The van der Waals surface area contributed by atoms with Gasteiger partial charge in [-0.15, -0.1) is 6.42 Å². The molecular formula is C12H13FN2O5. The lowest BCUT2D eigenvalue weighted by molar-refractivity contribution is -0.0921. The summed E-state index contributed by atoms with van der Waals surface area (Å²) in [5, 5.41) is 19.3. The lowest BCUT2D eigenvalue weighted by Gasteiger charge is -2.23. The fourth-order valence-corrected chi connectivity index (χ4v) is 2.22.